The molecule has 0 saturated heterocycles. The first-order valence-electron chi connectivity index (χ1n) is 7.85. The van der Waals surface area contributed by atoms with Gasteiger partial charge in [-0.1, -0.05) is 13.3 Å². The lowest BCUT2D eigenvalue weighted by Crippen LogP contribution is -2.39. The van der Waals surface area contributed by atoms with Gasteiger partial charge in [-0.2, -0.15) is 5.10 Å². The Hall–Kier alpha value is -0.900. The number of hydrogen-bond acceptors (Lipinski definition) is 3. The molecule has 2 aliphatic carbocycles. The Morgan fingerprint density at radius 2 is 2.32 bits per heavy atom. The Kier molecular flexibility index (Phi) is 3.87. The summed E-state index contributed by atoms with van der Waals surface area (Å²) in [4.78, 5) is 4.47. The molecule has 1 aromatic rings. The molecule has 0 aromatic carbocycles. The van der Waals surface area contributed by atoms with Crippen LogP contribution in [-0.2, 0) is 13.0 Å². The minimum Gasteiger partial charge on any atom is -0.316 e. The molecule has 2 bridgehead atoms. The van der Waals surface area contributed by atoms with Gasteiger partial charge in [0.1, 0.15) is 12.2 Å². The van der Waals surface area contributed by atoms with Gasteiger partial charge in [0.2, 0.25) is 0 Å². The normalized spacial score (nSPS) is 30.9. The SMILES string of the molecule is CCCn1ncnc1CC(NC)C1CC2CCC1C2. The first kappa shape index (κ1) is 13.1. The number of nitrogens with one attached hydrogen (secondary N) is 1. The second kappa shape index (κ2) is 5.61. The summed E-state index contributed by atoms with van der Waals surface area (Å²) in [7, 11) is 2.11. The fraction of sp³-hybridized carbons (Fsp3) is 0.867. The molecule has 1 aromatic heterocycles. The predicted octanol–water partition coefficient (Wildman–Crippen LogP) is 2.25. The van der Waals surface area contributed by atoms with Crippen molar-refractivity contribution < 1.29 is 0 Å². The van der Waals surface area contributed by atoms with E-state index in [2.05, 4.69) is 34.1 Å². The largest absolute Gasteiger partial charge is 0.316 e. The number of hydrogen-bond donors (Lipinski definition) is 1. The molecule has 0 amide bonds. The zero-order valence-corrected chi connectivity index (χ0v) is 12.2. The van der Waals surface area contributed by atoms with Crippen LogP contribution in [0.1, 0.15) is 44.9 Å². The molecule has 0 aliphatic heterocycles. The average Bonchev–Trinajstić information content (AvgIpc) is 3.12. The highest BCUT2D eigenvalue weighted by Gasteiger charge is 2.42. The molecule has 0 spiro atoms. The molecular formula is C15H26N4. The van der Waals surface area contributed by atoms with E-state index < -0.39 is 0 Å². The molecule has 4 heteroatoms. The Labute approximate surface area is 116 Å². The third-order valence-corrected chi connectivity index (χ3v) is 5.21. The third-order valence-electron chi connectivity index (χ3n) is 5.21. The van der Waals surface area contributed by atoms with Crippen molar-refractivity contribution >= 4 is 0 Å². The van der Waals surface area contributed by atoms with Crippen LogP contribution in [0.3, 0.4) is 0 Å². The van der Waals surface area contributed by atoms with E-state index in [1.807, 2.05) is 0 Å². The molecule has 3 rings (SSSR count). The van der Waals surface area contributed by atoms with Crippen LogP contribution in [0.15, 0.2) is 6.33 Å². The summed E-state index contributed by atoms with van der Waals surface area (Å²) in [6.45, 7) is 3.18. The Balaban J connectivity index is 1.67. The maximum absolute atomic E-state index is 4.47. The standard InChI is InChI=1S/C15H26N4/c1-3-6-19-15(17-10-18-19)9-14(16-2)13-8-11-4-5-12(13)7-11/h10-14,16H,3-9H2,1-2H3. The summed E-state index contributed by atoms with van der Waals surface area (Å²) >= 11 is 0. The lowest BCUT2D eigenvalue weighted by atomic mass is 9.82. The molecular weight excluding hydrogens is 236 g/mol. The summed E-state index contributed by atoms with van der Waals surface area (Å²) < 4.78 is 2.08. The van der Waals surface area contributed by atoms with Crippen molar-refractivity contribution in [3.63, 3.8) is 0 Å². The van der Waals surface area contributed by atoms with Gasteiger partial charge in [0.15, 0.2) is 0 Å². The summed E-state index contributed by atoms with van der Waals surface area (Å²) in [6, 6.07) is 0.579. The van der Waals surface area contributed by atoms with Crippen molar-refractivity contribution in [2.24, 2.45) is 17.8 Å². The highest BCUT2D eigenvalue weighted by atomic mass is 15.3. The van der Waals surface area contributed by atoms with Gasteiger partial charge < -0.3 is 5.32 Å². The number of nitrogens with zero attached hydrogens (tertiary/aromatic N) is 3. The Morgan fingerprint density at radius 3 is 2.95 bits per heavy atom. The van der Waals surface area contributed by atoms with E-state index >= 15 is 0 Å². The van der Waals surface area contributed by atoms with Gasteiger partial charge >= 0.3 is 0 Å². The van der Waals surface area contributed by atoms with Crippen LogP contribution in [0.5, 0.6) is 0 Å². The third kappa shape index (κ3) is 2.55. The van der Waals surface area contributed by atoms with Crippen molar-refractivity contribution in [2.75, 3.05) is 7.05 Å². The molecule has 2 fully saturated rings. The summed E-state index contributed by atoms with van der Waals surface area (Å²) in [5, 5.41) is 7.90. The number of rotatable bonds is 6. The fourth-order valence-electron chi connectivity index (χ4n) is 4.30. The van der Waals surface area contributed by atoms with Crippen LogP contribution in [0.25, 0.3) is 0 Å². The van der Waals surface area contributed by atoms with E-state index in [1.54, 1.807) is 6.33 Å². The van der Waals surface area contributed by atoms with E-state index in [0.29, 0.717) is 6.04 Å². The fourth-order valence-corrected chi connectivity index (χ4v) is 4.30. The minimum absolute atomic E-state index is 0.579. The van der Waals surface area contributed by atoms with E-state index in [4.69, 9.17) is 0 Å². The van der Waals surface area contributed by atoms with Gasteiger partial charge in [-0.05, 0) is 50.5 Å². The van der Waals surface area contributed by atoms with E-state index in [1.165, 1.54) is 25.7 Å². The zero-order chi connectivity index (χ0) is 13.2. The Morgan fingerprint density at radius 1 is 1.42 bits per heavy atom. The molecule has 4 unspecified atom stereocenters. The molecule has 2 aliphatic rings. The van der Waals surface area contributed by atoms with Gasteiger partial charge in [-0.25, -0.2) is 4.98 Å². The molecule has 0 radical (unpaired) electrons. The van der Waals surface area contributed by atoms with Crippen molar-refractivity contribution in [1.82, 2.24) is 20.1 Å². The van der Waals surface area contributed by atoms with Crippen LogP contribution in [0, 0.1) is 17.8 Å². The van der Waals surface area contributed by atoms with Gasteiger partial charge in [0, 0.05) is 19.0 Å². The number of aromatic nitrogens is 3. The second-order valence-electron chi connectivity index (χ2n) is 6.34. The monoisotopic (exact) mass is 262 g/mol. The van der Waals surface area contributed by atoms with Crippen LogP contribution in [0.4, 0.5) is 0 Å². The van der Waals surface area contributed by atoms with Crippen LogP contribution in [-0.4, -0.2) is 27.9 Å². The molecule has 19 heavy (non-hydrogen) atoms. The summed E-state index contributed by atoms with van der Waals surface area (Å²) in [5.41, 5.74) is 0. The molecule has 1 N–H and O–H groups in total. The van der Waals surface area contributed by atoms with Crippen LogP contribution >= 0.6 is 0 Å². The highest BCUT2D eigenvalue weighted by molar-refractivity contribution is 4.99. The first-order valence-corrected chi connectivity index (χ1v) is 7.85. The zero-order valence-electron chi connectivity index (χ0n) is 12.2. The maximum Gasteiger partial charge on any atom is 0.138 e. The molecule has 4 nitrogen and oxygen atoms in total. The Bertz CT molecular complexity index is 414. The molecule has 1 heterocycles. The van der Waals surface area contributed by atoms with Crippen LogP contribution in [0.2, 0.25) is 0 Å². The van der Waals surface area contributed by atoms with E-state index in [0.717, 1.165) is 43.0 Å². The van der Waals surface area contributed by atoms with E-state index in [-0.39, 0.29) is 0 Å². The quantitative estimate of drug-likeness (QED) is 0.855. The lowest BCUT2D eigenvalue weighted by Gasteiger charge is -2.30. The average molecular weight is 262 g/mol. The highest BCUT2D eigenvalue weighted by Crippen LogP contribution is 2.49. The molecule has 106 valence electrons. The second-order valence-corrected chi connectivity index (χ2v) is 6.34. The molecule has 2 saturated carbocycles. The number of likely N-dealkylation sites (N-methyl/N-ethyl adjacent to an activating group) is 1. The number of fused-ring (bicyclic) bond motifs is 2. The molecule has 4 atom stereocenters. The van der Waals surface area contributed by atoms with Crippen molar-refractivity contribution in [2.45, 2.75) is 58.0 Å². The van der Waals surface area contributed by atoms with E-state index in [9.17, 15) is 0 Å². The van der Waals surface area contributed by atoms with Crippen molar-refractivity contribution in [3.05, 3.63) is 12.2 Å². The number of aryl methyl sites for hydroxylation is 1. The van der Waals surface area contributed by atoms with Crippen molar-refractivity contribution in [1.29, 1.82) is 0 Å². The lowest BCUT2D eigenvalue weighted by molar-refractivity contribution is 0.251. The maximum atomic E-state index is 4.47. The van der Waals surface area contributed by atoms with Gasteiger partial charge in [0.05, 0.1) is 0 Å². The van der Waals surface area contributed by atoms with Gasteiger partial charge in [-0.15, -0.1) is 0 Å². The van der Waals surface area contributed by atoms with Crippen LogP contribution < -0.4 is 5.32 Å². The summed E-state index contributed by atoms with van der Waals surface area (Å²) in [5.74, 6) is 3.99. The minimum atomic E-state index is 0.579. The summed E-state index contributed by atoms with van der Waals surface area (Å²) in [6.07, 6.45) is 9.69. The smallest absolute Gasteiger partial charge is 0.138 e. The van der Waals surface area contributed by atoms with Crippen molar-refractivity contribution in [3.8, 4) is 0 Å². The van der Waals surface area contributed by atoms with Gasteiger partial charge in [-0.3, -0.25) is 4.68 Å². The topological polar surface area (TPSA) is 42.7 Å². The first-order chi connectivity index (χ1) is 9.31. The predicted molar refractivity (Wildman–Crippen MR) is 75.8 cm³/mol. The van der Waals surface area contributed by atoms with Gasteiger partial charge in [0.25, 0.3) is 0 Å².